The van der Waals surface area contributed by atoms with E-state index in [1.807, 2.05) is 0 Å². The Bertz CT molecular complexity index is 326. The van der Waals surface area contributed by atoms with E-state index in [4.69, 9.17) is 0 Å². The van der Waals surface area contributed by atoms with Gasteiger partial charge >= 0.3 is 6.18 Å². The van der Waals surface area contributed by atoms with Gasteiger partial charge in [0.05, 0.1) is 5.69 Å². The second-order valence-corrected chi connectivity index (χ2v) is 4.05. The fraction of sp³-hybridized carbons (Fsp3) is 0.556. The molecule has 7 heteroatoms. The molecule has 1 aromatic rings. The van der Waals surface area contributed by atoms with E-state index >= 15 is 0 Å². The van der Waals surface area contributed by atoms with Gasteiger partial charge in [-0.25, -0.2) is 0 Å². The van der Waals surface area contributed by atoms with Gasteiger partial charge in [0.1, 0.15) is 6.54 Å². The maximum atomic E-state index is 12.3. The van der Waals surface area contributed by atoms with Crippen LogP contribution in [0.25, 0.3) is 0 Å². The number of aryl methyl sites for hydroxylation is 1. The lowest BCUT2D eigenvalue weighted by molar-refractivity contribution is -0.119. The molecule has 16 heavy (non-hydrogen) atoms. The molecule has 90 valence electrons. The second kappa shape index (κ2) is 5.47. The Balaban J connectivity index is 2.80. The molecule has 1 aromatic heterocycles. The maximum absolute atomic E-state index is 12.3. The van der Waals surface area contributed by atoms with Crippen LogP contribution in [0.2, 0.25) is 0 Å². The molecule has 0 atom stereocenters. The average molecular weight is 298 g/mol. The molecule has 3 nitrogen and oxygen atoms in total. The Morgan fingerprint density at radius 1 is 1.31 bits per heavy atom. The lowest BCUT2D eigenvalue weighted by atomic mass is 10.4. The molecule has 0 saturated carbocycles. The lowest BCUT2D eigenvalue weighted by Gasteiger charge is -2.23. The van der Waals surface area contributed by atoms with Crippen LogP contribution >= 0.6 is 15.9 Å². The zero-order valence-corrected chi connectivity index (χ0v) is 10.2. The number of aromatic nitrogens is 2. The van der Waals surface area contributed by atoms with Crippen molar-refractivity contribution in [2.75, 3.05) is 23.3 Å². The molecule has 0 amide bonds. The highest BCUT2D eigenvalue weighted by Gasteiger charge is 2.31. The largest absolute Gasteiger partial charge is 0.405 e. The summed E-state index contributed by atoms with van der Waals surface area (Å²) in [5.74, 6) is 0.238. The first-order chi connectivity index (χ1) is 7.42. The number of nitrogens with zero attached hydrogens (tertiary/aromatic N) is 3. The predicted octanol–water partition coefficient (Wildman–Crippen LogP) is 2.55. The van der Waals surface area contributed by atoms with Crippen molar-refractivity contribution in [1.29, 1.82) is 0 Å². The smallest absolute Gasteiger partial charge is 0.345 e. The van der Waals surface area contributed by atoms with Gasteiger partial charge in [-0.05, 0) is 19.1 Å². The molecule has 0 aliphatic heterocycles. The molecule has 0 spiro atoms. The minimum absolute atomic E-state index is 0.233. The summed E-state index contributed by atoms with van der Waals surface area (Å²) < 4.78 is 36.9. The normalized spacial score (nSPS) is 11.6. The van der Waals surface area contributed by atoms with Crippen LogP contribution in [-0.2, 0) is 0 Å². The van der Waals surface area contributed by atoms with Crippen LogP contribution in [0.1, 0.15) is 5.69 Å². The maximum Gasteiger partial charge on any atom is 0.405 e. The summed E-state index contributed by atoms with van der Waals surface area (Å²) in [5.41, 5.74) is 0.676. The average Bonchev–Trinajstić information content (AvgIpc) is 2.16. The summed E-state index contributed by atoms with van der Waals surface area (Å²) in [7, 11) is 0. The summed E-state index contributed by atoms with van der Waals surface area (Å²) in [5, 5.41) is 7.92. The van der Waals surface area contributed by atoms with Gasteiger partial charge in [0.2, 0.25) is 0 Å². The lowest BCUT2D eigenvalue weighted by Crippen LogP contribution is -2.36. The van der Waals surface area contributed by atoms with E-state index in [0.717, 1.165) is 4.90 Å². The van der Waals surface area contributed by atoms with Gasteiger partial charge < -0.3 is 4.90 Å². The van der Waals surface area contributed by atoms with Crippen molar-refractivity contribution < 1.29 is 13.2 Å². The van der Waals surface area contributed by atoms with E-state index in [1.165, 1.54) is 6.07 Å². The first-order valence-electron chi connectivity index (χ1n) is 4.60. The van der Waals surface area contributed by atoms with Crippen molar-refractivity contribution in [1.82, 2.24) is 10.2 Å². The summed E-state index contributed by atoms with van der Waals surface area (Å²) in [6.07, 6.45) is -4.24. The van der Waals surface area contributed by atoms with E-state index < -0.39 is 12.7 Å². The zero-order chi connectivity index (χ0) is 12.2. The molecule has 0 fully saturated rings. The number of halogens is 4. The second-order valence-electron chi connectivity index (χ2n) is 3.26. The Labute approximate surface area is 99.8 Å². The van der Waals surface area contributed by atoms with Crippen molar-refractivity contribution in [3.05, 3.63) is 17.8 Å². The Morgan fingerprint density at radius 3 is 2.44 bits per heavy atom. The molecule has 0 saturated heterocycles. The van der Waals surface area contributed by atoms with E-state index in [2.05, 4.69) is 26.1 Å². The minimum atomic E-state index is -4.24. The molecule has 0 bridgehead atoms. The third-order valence-electron chi connectivity index (χ3n) is 1.83. The number of anilines is 1. The Kier molecular flexibility index (Phi) is 4.52. The van der Waals surface area contributed by atoms with Crippen LogP contribution in [0.5, 0.6) is 0 Å². The van der Waals surface area contributed by atoms with Gasteiger partial charge in [0.25, 0.3) is 0 Å². The van der Waals surface area contributed by atoms with Crippen molar-refractivity contribution in [2.24, 2.45) is 0 Å². The van der Waals surface area contributed by atoms with Gasteiger partial charge in [0.15, 0.2) is 5.82 Å². The molecule has 0 aliphatic rings. The summed E-state index contributed by atoms with van der Waals surface area (Å²) in [4.78, 5) is 1.14. The highest BCUT2D eigenvalue weighted by Crippen LogP contribution is 2.20. The fourth-order valence-corrected chi connectivity index (χ4v) is 1.58. The van der Waals surface area contributed by atoms with E-state index in [1.54, 1.807) is 13.0 Å². The van der Waals surface area contributed by atoms with Gasteiger partial charge in [-0.1, -0.05) is 15.9 Å². The molecule has 1 rings (SSSR count). The highest BCUT2D eigenvalue weighted by molar-refractivity contribution is 9.09. The third-order valence-corrected chi connectivity index (χ3v) is 2.19. The van der Waals surface area contributed by atoms with Gasteiger partial charge in [-0.15, -0.1) is 5.10 Å². The van der Waals surface area contributed by atoms with Crippen LogP contribution < -0.4 is 4.90 Å². The van der Waals surface area contributed by atoms with Crippen LogP contribution in [0, 0.1) is 6.92 Å². The Hall–Kier alpha value is -0.850. The molecule has 1 heterocycles. The molecule has 0 aliphatic carbocycles. The minimum Gasteiger partial charge on any atom is -0.345 e. The molecule has 0 aromatic carbocycles. The summed E-state index contributed by atoms with van der Waals surface area (Å²) >= 11 is 3.11. The van der Waals surface area contributed by atoms with Crippen LogP contribution in [0.3, 0.4) is 0 Å². The van der Waals surface area contributed by atoms with E-state index in [9.17, 15) is 13.2 Å². The van der Waals surface area contributed by atoms with E-state index in [0.29, 0.717) is 11.0 Å². The molecule has 0 unspecified atom stereocenters. The molecule has 0 radical (unpaired) electrons. The monoisotopic (exact) mass is 297 g/mol. The third kappa shape index (κ3) is 4.34. The number of rotatable bonds is 4. The fourth-order valence-electron chi connectivity index (χ4n) is 1.15. The molecule has 0 N–H and O–H groups in total. The Morgan fingerprint density at radius 2 is 2.00 bits per heavy atom. The molecular weight excluding hydrogens is 287 g/mol. The van der Waals surface area contributed by atoms with Crippen molar-refractivity contribution in [3.8, 4) is 0 Å². The van der Waals surface area contributed by atoms with Crippen LogP contribution in [-0.4, -0.2) is 34.8 Å². The van der Waals surface area contributed by atoms with Gasteiger partial charge in [-0.3, -0.25) is 0 Å². The van der Waals surface area contributed by atoms with Gasteiger partial charge in [0, 0.05) is 11.9 Å². The SMILES string of the molecule is Cc1ccc(N(CCBr)CC(F)(F)F)nn1. The predicted molar refractivity (Wildman–Crippen MR) is 58.8 cm³/mol. The summed E-state index contributed by atoms with van der Waals surface area (Å²) in [6, 6.07) is 3.18. The zero-order valence-electron chi connectivity index (χ0n) is 8.63. The first-order valence-corrected chi connectivity index (χ1v) is 5.72. The van der Waals surface area contributed by atoms with Crippen molar-refractivity contribution in [3.63, 3.8) is 0 Å². The van der Waals surface area contributed by atoms with Crippen LogP contribution in [0.4, 0.5) is 19.0 Å². The van der Waals surface area contributed by atoms with Crippen molar-refractivity contribution >= 4 is 21.7 Å². The molecular formula is C9H11BrF3N3. The van der Waals surface area contributed by atoms with Gasteiger partial charge in [-0.2, -0.15) is 18.3 Å². The summed E-state index contributed by atoms with van der Waals surface area (Å²) in [6.45, 7) is 0.947. The number of hydrogen-bond acceptors (Lipinski definition) is 3. The highest BCUT2D eigenvalue weighted by atomic mass is 79.9. The first kappa shape index (κ1) is 13.2. The number of alkyl halides is 4. The topological polar surface area (TPSA) is 29.0 Å². The van der Waals surface area contributed by atoms with Crippen LogP contribution in [0.15, 0.2) is 12.1 Å². The standard InChI is InChI=1S/C9H11BrF3N3/c1-7-2-3-8(15-14-7)16(5-4-10)6-9(11,12)13/h2-3H,4-6H2,1H3. The number of hydrogen-bond donors (Lipinski definition) is 0. The quantitative estimate of drug-likeness (QED) is 0.800. The van der Waals surface area contributed by atoms with E-state index in [-0.39, 0.29) is 12.4 Å². The van der Waals surface area contributed by atoms with Crippen molar-refractivity contribution in [2.45, 2.75) is 13.1 Å².